The Bertz CT molecular complexity index is 1150. The summed E-state index contributed by atoms with van der Waals surface area (Å²) in [5.74, 6) is -1.90. The molecule has 4 rings (SSSR count). The van der Waals surface area contributed by atoms with E-state index in [4.69, 9.17) is 0 Å². The van der Waals surface area contributed by atoms with Crippen LogP contribution >= 0.6 is 11.3 Å². The van der Waals surface area contributed by atoms with Crippen molar-refractivity contribution >= 4 is 28.7 Å². The predicted molar refractivity (Wildman–Crippen MR) is 110 cm³/mol. The lowest BCUT2D eigenvalue weighted by atomic mass is 9.95. The number of rotatable bonds is 4. The Kier molecular flexibility index (Phi) is 4.68. The average molecular weight is 406 g/mol. The Labute approximate surface area is 171 Å². The zero-order valence-corrected chi connectivity index (χ0v) is 16.6. The molecule has 1 aliphatic heterocycles. The molecule has 6 nitrogen and oxygen atoms in total. The molecular formula is C22H18N2O4S. The van der Waals surface area contributed by atoms with Crippen LogP contribution in [-0.4, -0.2) is 26.9 Å². The van der Waals surface area contributed by atoms with Gasteiger partial charge in [-0.1, -0.05) is 42.5 Å². The van der Waals surface area contributed by atoms with Gasteiger partial charge in [0.05, 0.1) is 32.9 Å². The number of anilines is 1. The Balaban J connectivity index is 1.91. The lowest BCUT2D eigenvalue weighted by molar-refractivity contribution is -0.117. The number of aromatic hydroxyl groups is 1. The first-order valence-electron chi connectivity index (χ1n) is 8.98. The molecule has 1 amide bonds. The van der Waals surface area contributed by atoms with Crippen LogP contribution in [0.4, 0.5) is 5.69 Å². The van der Waals surface area contributed by atoms with Gasteiger partial charge in [-0.2, -0.15) is 0 Å². The number of ketones is 1. The van der Waals surface area contributed by atoms with Crippen molar-refractivity contribution in [1.82, 2.24) is 4.98 Å². The quantitative estimate of drug-likeness (QED) is 0.632. The maximum Gasteiger partial charge on any atom is 0.294 e. The summed E-state index contributed by atoms with van der Waals surface area (Å²) in [7, 11) is 0. The fourth-order valence-corrected chi connectivity index (χ4v) is 4.44. The third-order valence-electron chi connectivity index (χ3n) is 4.82. The van der Waals surface area contributed by atoms with Crippen LogP contribution < -0.4 is 4.90 Å². The van der Waals surface area contributed by atoms with E-state index < -0.39 is 23.5 Å². The molecule has 0 saturated carbocycles. The Morgan fingerprint density at radius 2 is 1.69 bits per heavy atom. The lowest BCUT2D eigenvalue weighted by Crippen LogP contribution is -2.31. The van der Waals surface area contributed by atoms with E-state index in [2.05, 4.69) is 4.98 Å². The summed E-state index contributed by atoms with van der Waals surface area (Å²) < 4.78 is 0. The van der Waals surface area contributed by atoms with Crippen LogP contribution in [-0.2, 0) is 4.79 Å². The van der Waals surface area contributed by atoms with Crippen molar-refractivity contribution in [1.29, 1.82) is 0 Å². The molecule has 2 heterocycles. The van der Waals surface area contributed by atoms with Crippen molar-refractivity contribution in [3.63, 3.8) is 0 Å². The number of aryl methyl sites for hydroxylation is 2. The zero-order chi connectivity index (χ0) is 20.7. The van der Waals surface area contributed by atoms with Gasteiger partial charge in [0.2, 0.25) is 5.78 Å². The van der Waals surface area contributed by atoms with Crippen molar-refractivity contribution in [2.24, 2.45) is 0 Å². The molecule has 0 spiro atoms. The summed E-state index contributed by atoms with van der Waals surface area (Å²) >= 11 is 1.22. The third-order valence-corrected chi connectivity index (χ3v) is 5.89. The molecule has 0 bridgehead atoms. The number of thiazole rings is 1. The highest BCUT2D eigenvalue weighted by molar-refractivity contribution is 7.14. The van der Waals surface area contributed by atoms with Crippen LogP contribution in [0.25, 0.3) is 0 Å². The minimum absolute atomic E-state index is 0.0174. The van der Waals surface area contributed by atoms with Crippen LogP contribution in [0, 0.1) is 13.8 Å². The number of carbonyl (C=O) groups excluding carboxylic acids is 2. The summed E-state index contributed by atoms with van der Waals surface area (Å²) in [5, 5.41) is 21.8. The van der Waals surface area contributed by atoms with E-state index in [0.717, 1.165) is 5.01 Å². The van der Waals surface area contributed by atoms with E-state index in [1.807, 2.05) is 6.07 Å². The molecule has 146 valence electrons. The van der Waals surface area contributed by atoms with E-state index in [0.29, 0.717) is 16.1 Å². The standard InChI is InChI=1S/C22H18N2O4S/c1-12-21(29-13(2)23-12)19(26)17-18(14-8-4-3-5-9-14)24(22(28)20(17)27)15-10-6-7-11-16(15)25/h3-11,18,25,27H,1-2H3. The second-order valence-electron chi connectivity index (χ2n) is 6.72. The van der Waals surface area contributed by atoms with Crippen molar-refractivity contribution in [2.75, 3.05) is 4.90 Å². The molecule has 2 aromatic carbocycles. The molecule has 1 aliphatic rings. The predicted octanol–water partition coefficient (Wildman–Crippen LogP) is 4.25. The second kappa shape index (κ2) is 7.18. The SMILES string of the molecule is Cc1nc(C)c(C(=O)C2=C(O)C(=O)N(c3ccccc3O)C2c2ccccc2)s1. The zero-order valence-electron chi connectivity index (χ0n) is 15.8. The third kappa shape index (κ3) is 3.09. The van der Waals surface area contributed by atoms with Gasteiger partial charge < -0.3 is 10.2 Å². The monoisotopic (exact) mass is 406 g/mol. The van der Waals surface area contributed by atoms with Crippen LogP contribution in [0.3, 0.4) is 0 Å². The summed E-state index contributed by atoms with van der Waals surface area (Å²) in [6, 6.07) is 14.5. The average Bonchev–Trinajstić information content (AvgIpc) is 3.18. The summed E-state index contributed by atoms with van der Waals surface area (Å²) in [4.78, 5) is 32.4. The number of nitrogens with zero attached hydrogens (tertiary/aromatic N) is 2. The van der Waals surface area contributed by atoms with Crippen LogP contribution in [0.1, 0.15) is 32.0 Å². The Morgan fingerprint density at radius 3 is 2.31 bits per heavy atom. The fourth-order valence-electron chi connectivity index (χ4n) is 3.57. The van der Waals surface area contributed by atoms with E-state index in [1.54, 1.807) is 56.3 Å². The van der Waals surface area contributed by atoms with Gasteiger partial charge in [0, 0.05) is 0 Å². The number of Topliss-reactive ketones (excluding diaryl/α,β-unsaturated/α-hetero) is 1. The van der Waals surface area contributed by atoms with Crippen molar-refractivity contribution in [3.05, 3.63) is 87.1 Å². The largest absolute Gasteiger partial charge is 0.506 e. The van der Waals surface area contributed by atoms with Gasteiger partial charge in [0.1, 0.15) is 5.75 Å². The number of aliphatic hydroxyl groups excluding tert-OH is 1. The first-order valence-corrected chi connectivity index (χ1v) is 9.80. The topological polar surface area (TPSA) is 90.7 Å². The molecule has 0 aliphatic carbocycles. The Hall–Kier alpha value is -3.45. The number of aromatic nitrogens is 1. The summed E-state index contributed by atoms with van der Waals surface area (Å²) in [6.07, 6.45) is 0. The minimum atomic E-state index is -0.869. The van der Waals surface area contributed by atoms with Crippen molar-refractivity contribution in [2.45, 2.75) is 19.9 Å². The van der Waals surface area contributed by atoms with E-state index in [1.165, 1.54) is 22.3 Å². The first-order chi connectivity index (χ1) is 13.9. The number of aliphatic hydroxyl groups is 1. The van der Waals surface area contributed by atoms with E-state index in [9.17, 15) is 19.8 Å². The van der Waals surface area contributed by atoms with Crippen LogP contribution in [0.15, 0.2) is 65.9 Å². The van der Waals surface area contributed by atoms with Crippen LogP contribution in [0.5, 0.6) is 5.75 Å². The minimum Gasteiger partial charge on any atom is -0.506 e. The van der Waals surface area contributed by atoms with Crippen LogP contribution in [0.2, 0.25) is 0 Å². The number of hydrogen-bond donors (Lipinski definition) is 2. The molecule has 29 heavy (non-hydrogen) atoms. The van der Waals surface area contributed by atoms with Gasteiger partial charge in [0.15, 0.2) is 5.76 Å². The maximum atomic E-state index is 13.4. The van der Waals surface area contributed by atoms with Gasteiger partial charge >= 0.3 is 0 Å². The highest BCUT2D eigenvalue weighted by Gasteiger charge is 2.45. The molecule has 1 unspecified atom stereocenters. The maximum absolute atomic E-state index is 13.4. The van der Waals surface area contributed by atoms with Gasteiger partial charge in [-0.05, 0) is 31.5 Å². The molecule has 1 aromatic heterocycles. The molecule has 1 atom stereocenters. The molecule has 7 heteroatoms. The van der Waals surface area contributed by atoms with E-state index >= 15 is 0 Å². The van der Waals surface area contributed by atoms with Crippen molar-refractivity contribution < 1.29 is 19.8 Å². The highest BCUT2D eigenvalue weighted by Crippen LogP contribution is 2.44. The highest BCUT2D eigenvalue weighted by atomic mass is 32.1. The lowest BCUT2D eigenvalue weighted by Gasteiger charge is -2.27. The number of phenols is 1. The first kappa shape index (κ1) is 18.9. The number of phenolic OH excluding ortho intramolecular Hbond substituents is 1. The number of carbonyl (C=O) groups is 2. The summed E-state index contributed by atoms with van der Waals surface area (Å²) in [5.41, 5.74) is 1.41. The smallest absolute Gasteiger partial charge is 0.294 e. The normalized spacial score (nSPS) is 16.6. The van der Waals surface area contributed by atoms with Crippen molar-refractivity contribution in [3.8, 4) is 5.75 Å². The molecule has 3 aromatic rings. The van der Waals surface area contributed by atoms with Gasteiger partial charge in [-0.15, -0.1) is 11.3 Å². The second-order valence-corrected chi connectivity index (χ2v) is 7.92. The summed E-state index contributed by atoms with van der Waals surface area (Å²) in [6.45, 7) is 3.52. The van der Waals surface area contributed by atoms with Gasteiger partial charge in [0.25, 0.3) is 5.91 Å². The number of benzene rings is 2. The molecule has 0 radical (unpaired) electrons. The number of para-hydroxylation sites is 2. The van der Waals surface area contributed by atoms with Gasteiger partial charge in [-0.3, -0.25) is 14.5 Å². The molecule has 2 N–H and O–H groups in total. The number of hydrogen-bond acceptors (Lipinski definition) is 6. The van der Waals surface area contributed by atoms with Gasteiger partial charge in [-0.25, -0.2) is 4.98 Å². The molecule has 0 saturated heterocycles. The fraction of sp³-hybridized carbons (Fsp3) is 0.136. The van der Waals surface area contributed by atoms with E-state index in [-0.39, 0.29) is 17.0 Å². The number of amides is 1. The Morgan fingerprint density at radius 1 is 1.03 bits per heavy atom. The molecule has 0 fully saturated rings. The molecular weight excluding hydrogens is 388 g/mol.